The molecule has 0 aromatic heterocycles. The molecule has 0 radical (unpaired) electrons. The van der Waals surface area contributed by atoms with Gasteiger partial charge in [-0.1, -0.05) is 52.3 Å². The molecule has 0 saturated heterocycles. The van der Waals surface area contributed by atoms with Gasteiger partial charge in [0.1, 0.15) is 0 Å². The van der Waals surface area contributed by atoms with Crippen molar-refractivity contribution in [2.45, 2.75) is 19.3 Å². The molecule has 2 aromatic carbocycles. The summed E-state index contributed by atoms with van der Waals surface area (Å²) in [6.07, 6.45) is 2.81. The molecule has 1 aliphatic carbocycles. The Morgan fingerprint density at radius 3 is 2.68 bits per heavy atom. The van der Waals surface area contributed by atoms with Crippen LogP contribution in [0, 0.1) is 5.92 Å². The first-order valence-corrected chi connectivity index (χ1v) is 7.40. The fourth-order valence-electron chi connectivity index (χ4n) is 2.78. The molecule has 19 heavy (non-hydrogen) atoms. The van der Waals surface area contributed by atoms with Gasteiger partial charge in [0.05, 0.1) is 0 Å². The fourth-order valence-corrected chi connectivity index (χ4v) is 3.19. The number of rotatable bonds is 2. The predicted molar refractivity (Wildman–Crippen MR) is 80.4 cm³/mol. The maximum Gasteiger partial charge on any atom is 0.166 e. The maximum absolute atomic E-state index is 12.5. The SMILES string of the molecule is O=C1c2ccc(Br)cc2CCC1Cc1ccccc1. The van der Waals surface area contributed by atoms with Gasteiger partial charge >= 0.3 is 0 Å². The maximum atomic E-state index is 12.5. The number of halogens is 1. The van der Waals surface area contributed by atoms with E-state index in [4.69, 9.17) is 0 Å². The first kappa shape index (κ1) is 12.6. The minimum Gasteiger partial charge on any atom is -0.294 e. The lowest BCUT2D eigenvalue weighted by Crippen LogP contribution is -2.24. The van der Waals surface area contributed by atoms with Gasteiger partial charge < -0.3 is 0 Å². The first-order valence-electron chi connectivity index (χ1n) is 6.60. The van der Waals surface area contributed by atoms with Crippen LogP contribution < -0.4 is 0 Å². The zero-order valence-corrected chi connectivity index (χ0v) is 12.2. The monoisotopic (exact) mass is 314 g/mol. The van der Waals surface area contributed by atoms with E-state index in [1.54, 1.807) is 0 Å². The van der Waals surface area contributed by atoms with Crippen LogP contribution in [0.25, 0.3) is 0 Å². The summed E-state index contributed by atoms with van der Waals surface area (Å²) in [6.45, 7) is 0. The molecule has 1 unspecified atom stereocenters. The minimum atomic E-state index is 0.135. The third kappa shape index (κ3) is 2.64. The fraction of sp³-hybridized carbons (Fsp3) is 0.235. The van der Waals surface area contributed by atoms with E-state index in [0.29, 0.717) is 5.78 Å². The number of carbonyl (C=O) groups is 1. The Bertz CT molecular complexity index is 604. The Balaban J connectivity index is 1.84. The van der Waals surface area contributed by atoms with E-state index in [0.717, 1.165) is 29.3 Å². The van der Waals surface area contributed by atoms with Crippen molar-refractivity contribution in [2.75, 3.05) is 0 Å². The van der Waals surface area contributed by atoms with Gasteiger partial charge in [-0.3, -0.25) is 4.79 Å². The molecule has 0 aliphatic heterocycles. The van der Waals surface area contributed by atoms with Crippen molar-refractivity contribution in [1.29, 1.82) is 0 Å². The van der Waals surface area contributed by atoms with E-state index in [2.05, 4.69) is 34.1 Å². The third-order valence-electron chi connectivity index (χ3n) is 3.79. The Labute approximate surface area is 121 Å². The summed E-state index contributed by atoms with van der Waals surface area (Å²) in [5.74, 6) is 0.439. The summed E-state index contributed by atoms with van der Waals surface area (Å²) in [7, 11) is 0. The number of Topliss-reactive ketones (excluding diaryl/α,β-unsaturated/α-hetero) is 1. The third-order valence-corrected chi connectivity index (χ3v) is 4.28. The number of aryl methyl sites for hydroxylation is 1. The summed E-state index contributed by atoms with van der Waals surface area (Å²) < 4.78 is 1.06. The standard InChI is InChI=1S/C17H15BrO/c18-15-8-9-16-13(11-15)6-7-14(17(16)19)10-12-4-2-1-3-5-12/h1-5,8-9,11,14H,6-7,10H2. The second kappa shape index (κ2) is 5.30. The Hall–Kier alpha value is -1.41. The zero-order valence-electron chi connectivity index (χ0n) is 10.6. The minimum absolute atomic E-state index is 0.135. The van der Waals surface area contributed by atoms with Gasteiger partial charge in [0.25, 0.3) is 0 Å². The predicted octanol–water partition coefficient (Wildman–Crippen LogP) is 4.44. The number of fused-ring (bicyclic) bond motifs is 1. The van der Waals surface area contributed by atoms with Gasteiger partial charge in [0.2, 0.25) is 0 Å². The molecule has 0 amide bonds. The number of benzene rings is 2. The van der Waals surface area contributed by atoms with Crippen LogP contribution in [-0.4, -0.2) is 5.78 Å². The largest absolute Gasteiger partial charge is 0.294 e. The van der Waals surface area contributed by atoms with Gasteiger partial charge in [0, 0.05) is 16.0 Å². The molecule has 1 atom stereocenters. The summed E-state index contributed by atoms with van der Waals surface area (Å²) in [5.41, 5.74) is 3.35. The molecule has 2 aromatic rings. The van der Waals surface area contributed by atoms with E-state index < -0.39 is 0 Å². The average molecular weight is 315 g/mol. The molecule has 0 N–H and O–H groups in total. The topological polar surface area (TPSA) is 17.1 Å². The molecular formula is C17H15BrO. The molecule has 96 valence electrons. The molecule has 0 saturated carbocycles. The second-order valence-electron chi connectivity index (χ2n) is 5.09. The zero-order chi connectivity index (χ0) is 13.2. The normalized spacial score (nSPS) is 18.2. The molecule has 0 bridgehead atoms. The van der Waals surface area contributed by atoms with Gasteiger partial charge in [-0.05, 0) is 42.5 Å². The van der Waals surface area contributed by atoms with Crippen LogP contribution in [0.15, 0.2) is 53.0 Å². The lowest BCUT2D eigenvalue weighted by Gasteiger charge is -2.23. The van der Waals surface area contributed by atoms with E-state index in [-0.39, 0.29) is 5.92 Å². The molecule has 0 spiro atoms. The summed E-state index contributed by atoms with van der Waals surface area (Å²) in [4.78, 5) is 12.5. The van der Waals surface area contributed by atoms with E-state index >= 15 is 0 Å². The van der Waals surface area contributed by atoms with Crippen LogP contribution in [0.5, 0.6) is 0 Å². The van der Waals surface area contributed by atoms with Crippen molar-refractivity contribution in [3.63, 3.8) is 0 Å². The van der Waals surface area contributed by atoms with Crippen LogP contribution in [-0.2, 0) is 12.8 Å². The number of hydrogen-bond donors (Lipinski definition) is 0. The van der Waals surface area contributed by atoms with Crippen molar-refractivity contribution < 1.29 is 4.79 Å². The van der Waals surface area contributed by atoms with E-state index in [9.17, 15) is 4.79 Å². The number of hydrogen-bond acceptors (Lipinski definition) is 1. The van der Waals surface area contributed by atoms with Gasteiger partial charge in [-0.25, -0.2) is 0 Å². The highest BCUT2D eigenvalue weighted by molar-refractivity contribution is 9.10. The van der Waals surface area contributed by atoms with E-state index in [1.165, 1.54) is 11.1 Å². The molecular weight excluding hydrogens is 300 g/mol. The van der Waals surface area contributed by atoms with Crippen LogP contribution in [0.4, 0.5) is 0 Å². The molecule has 3 rings (SSSR count). The summed E-state index contributed by atoms with van der Waals surface area (Å²) in [5, 5.41) is 0. The smallest absolute Gasteiger partial charge is 0.166 e. The Kier molecular flexibility index (Phi) is 3.52. The van der Waals surface area contributed by atoms with Crippen LogP contribution >= 0.6 is 15.9 Å². The van der Waals surface area contributed by atoms with Crippen molar-refractivity contribution in [2.24, 2.45) is 5.92 Å². The van der Waals surface area contributed by atoms with Gasteiger partial charge in [-0.2, -0.15) is 0 Å². The highest BCUT2D eigenvalue weighted by Gasteiger charge is 2.27. The highest BCUT2D eigenvalue weighted by Crippen LogP contribution is 2.29. The van der Waals surface area contributed by atoms with Gasteiger partial charge in [-0.15, -0.1) is 0 Å². The first-order chi connectivity index (χ1) is 9.24. The second-order valence-corrected chi connectivity index (χ2v) is 6.01. The van der Waals surface area contributed by atoms with E-state index in [1.807, 2.05) is 30.3 Å². The number of carbonyl (C=O) groups excluding carboxylic acids is 1. The van der Waals surface area contributed by atoms with Crippen LogP contribution in [0.2, 0.25) is 0 Å². The average Bonchev–Trinajstić information content (AvgIpc) is 2.43. The van der Waals surface area contributed by atoms with Crippen LogP contribution in [0.1, 0.15) is 27.9 Å². The Morgan fingerprint density at radius 2 is 1.89 bits per heavy atom. The molecule has 0 fully saturated rings. The van der Waals surface area contributed by atoms with Crippen molar-refractivity contribution in [3.05, 3.63) is 69.7 Å². The molecule has 0 heterocycles. The van der Waals surface area contributed by atoms with Crippen molar-refractivity contribution in [1.82, 2.24) is 0 Å². The van der Waals surface area contributed by atoms with Crippen LogP contribution in [0.3, 0.4) is 0 Å². The van der Waals surface area contributed by atoms with Crippen molar-refractivity contribution in [3.8, 4) is 0 Å². The molecule has 1 aliphatic rings. The van der Waals surface area contributed by atoms with Crippen molar-refractivity contribution >= 4 is 21.7 Å². The lowest BCUT2D eigenvalue weighted by molar-refractivity contribution is 0.0901. The molecule has 2 heteroatoms. The summed E-state index contributed by atoms with van der Waals surface area (Å²) >= 11 is 3.47. The summed E-state index contributed by atoms with van der Waals surface area (Å²) in [6, 6.07) is 16.3. The Morgan fingerprint density at radius 1 is 1.11 bits per heavy atom. The number of ketones is 1. The van der Waals surface area contributed by atoms with Gasteiger partial charge in [0.15, 0.2) is 5.78 Å². The molecule has 1 nitrogen and oxygen atoms in total. The lowest BCUT2D eigenvalue weighted by atomic mass is 9.80. The highest BCUT2D eigenvalue weighted by atomic mass is 79.9. The quantitative estimate of drug-likeness (QED) is 0.801.